The first kappa shape index (κ1) is 14.5. The Kier molecular flexibility index (Phi) is 3.72. The van der Waals surface area contributed by atoms with Crippen molar-refractivity contribution < 1.29 is 16.8 Å². The van der Waals surface area contributed by atoms with E-state index in [9.17, 15) is 16.8 Å². The Morgan fingerprint density at radius 2 is 2.11 bits per heavy atom. The number of sulfone groups is 1. The Hall–Kier alpha value is -0.930. The van der Waals surface area contributed by atoms with Gasteiger partial charge in [-0.25, -0.2) is 21.1 Å². The van der Waals surface area contributed by atoms with Crippen LogP contribution in [0, 0.1) is 0 Å². The largest absolute Gasteiger partial charge is 0.281 e. The molecule has 2 rings (SSSR count). The van der Waals surface area contributed by atoms with Gasteiger partial charge < -0.3 is 0 Å². The number of rotatable bonds is 4. The first-order valence-corrected chi connectivity index (χ1v) is 9.47. The van der Waals surface area contributed by atoms with E-state index >= 15 is 0 Å². The first-order chi connectivity index (χ1) is 8.75. The summed E-state index contributed by atoms with van der Waals surface area (Å²) in [4.78, 5) is 0.160. The highest BCUT2D eigenvalue weighted by Crippen LogP contribution is 2.31. The average Bonchev–Trinajstić information content (AvgIpc) is 2.96. The molecule has 0 aromatic carbocycles. The van der Waals surface area contributed by atoms with Gasteiger partial charge in [0.05, 0.1) is 17.6 Å². The number of nitrogens with one attached hydrogen (secondary N) is 1. The highest BCUT2D eigenvalue weighted by atomic mass is 32.2. The van der Waals surface area contributed by atoms with E-state index in [4.69, 9.17) is 0 Å². The van der Waals surface area contributed by atoms with Gasteiger partial charge in [0.25, 0.3) is 0 Å². The minimum absolute atomic E-state index is 0.0572. The van der Waals surface area contributed by atoms with Gasteiger partial charge in [0.15, 0.2) is 9.84 Å². The van der Waals surface area contributed by atoms with E-state index in [0.717, 1.165) is 6.26 Å². The van der Waals surface area contributed by atoms with Gasteiger partial charge in [0.2, 0.25) is 10.0 Å². The van der Waals surface area contributed by atoms with Crippen LogP contribution in [0.1, 0.15) is 25.0 Å². The van der Waals surface area contributed by atoms with Crippen LogP contribution in [-0.4, -0.2) is 56.4 Å². The topological polar surface area (TPSA) is 100 Å². The van der Waals surface area contributed by atoms with Gasteiger partial charge in [-0.05, 0) is 13.3 Å². The van der Waals surface area contributed by atoms with Gasteiger partial charge in [-0.2, -0.15) is 5.10 Å². The van der Waals surface area contributed by atoms with E-state index in [1.807, 2.05) is 0 Å². The van der Waals surface area contributed by atoms with Crippen LogP contribution in [0.4, 0.5) is 0 Å². The van der Waals surface area contributed by atoms with Crippen LogP contribution in [0.25, 0.3) is 0 Å². The monoisotopic (exact) mass is 307 g/mol. The molecule has 0 amide bonds. The third kappa shape index (κ3) is 2.82. The number of nitrogens with zero attached hydrogens (tertiary/aromatic N) is 2. The van der Waals surface area contributed by atoms with Gasteiger partial charge >= 0.3 is 0 Å². The summed E-state index contributed by atoms with van der Waals surface area (Å²) in [5.74, 6) is -0.0877. The zero-order valence-corrected chi connectivity index (χ0v) is 12.5. The second-order valence-electron chi connectivity index (χ2n) is 4.66. The standard InChI is InChI=1S/C10H17N3O4S2/c1-3-19(16,17)13-5-4-8(7-13)10-9(6-11-12-10)18(2,14)15/h6,8H,3-5,7H2,1-2H3,(H,11,12). The molecule has 2 heterocycles. The van der Waals surface area contributed by atoms with Crippen LogP contribution in [0.2, 0.25) is 0 Å². The van der Waals surface area contributed by atoms with Crippen LogP contribution in [0.5, 0.6) is 0 Å². The van der Waals surface area contributed by atoms with Gasteiger partial charge in [0, 0.05) is 25.3 Å². The molecule has 1 aliphatic heterocycles. The van der Waals surface area contributed by atoms with Crippen molar-refractivity contribution >= 4 is 19.9 Å². The molecule has 1 fully saturated rings. The van der Waals surface area contributed by atoms with Crippen LogP contribution < -0.4 is 0 Å². The zero-order valence-electron chi connectivity index (χ0n) is 10.8. The number of hydrogen-bond donors (Lipinski definition) is 1. The second-order valence-corrected chi connectivity index (χ2v) is 8.91. The van der Waals surface area contributed by atoms with Crippen molar-refractivity contribution in [2.45, 2.75) is 24.2 Å². The maximum atomic E-state index is 11.8. The maximum absolute atomic E-state index is 11.8. The Bertz CT molecular complexity index is 663. The molecule has 1 unspecified atom stereocenters. The highest BCUT2D eigenvalue weighted by molar-refractivity contribution is 7.90. The van der Waals surface area contributed by atoms with Crippen LogP contribution in [0.3, 0.4) is 0 Å². The predicted molar refractivity (Wildman–Crippen MR) is 70.1 cm³/mol. The molecule has 0 radical (unpaired) electrons. The molecule has 7 nitrogen and oxygen atoms in total. The number of aromatic amines is 1. The lowest BCUT2D eigenvalue weighted by Crippen LogP contribution is -2.30. The molecule has 0 spiro atoms. The van der Waals surface area contributed by atoms with E-state index in [-0.39, 0.29) is 16.6 Å². The Morgan fingerprint density at radius 3 is 2.68 bits per heavy atom. The normalized spacial score (nSPS) is 21.9. The molecule has 1 aromatic rings. The lowest BCUT2D eigenvalue weighted by atomic mass is 10.1. The average molecular weight is 307 g/mol. The zero-order chi connectivity index (χ0) is 14.3. The fourth-order valence-corrected chi connectivity index (χ4v) is 4.28. The summed E-state index contributed by atoms with van der Waals surface area (Å²) in [6.45, 7) is 2.32. The van der Waals surface area contributed by atoms with Crippen LogP contribution in [0.15, 0.2) is 11.1 Å². The summed E-state index contributed by atoms with van der Waals surface area (Å²) in [5, 5.41) is 6.46. The number of hydrogen-bond acceptors (Lipinski definition) is 5. The molecule has 1 saturated heterocycles. The van der Waals surface area contributed by atoms with E-state index in [1.165, 1.54) is 10.5 Å². The highest BCUT2D eigenvalue weighted by Gasteiger charge is 2.34. The molecule has 9 heteroatoms. The van der Waals surface area contributed by atoms with Crippen molar-refractivity contribution in [2.24, 2.45) is 0 Å². The molecular weight excluding hydrogens is 290 g/mol. The maximum Gasteiger partial charge on any atom is 0.213 e. The third-order valence-corrected chi connectivity index (χ3v) is 6.32. The first-order valence-electron chi connectivity index (χ1n) is 5.97. The summed E-state index contributed by atoms with van der Waals surface area (Å²) < 4.78 is 48.2. The second kappa shape index (κ2) is 4.88. The molecule has 19 heavy (non-hydrogen) atoms. The molecule has 1 aliphatic rings. The van der Waals surface area contributed by atoms with Crippen LogP contribution >= 0.6 is 0 Å². The summed E-state index contributed by atoms with van der Waals surface area (Å²) in [6.07, 6.45) is 3.00. The molecular formula is C10H17N3O4S2. The summed E-state index contributed by atoms with van der Waals surface area (Å²) in [7, 11) is -6.57. The Labute approximate surface area is 113 Å². The smallest absolute Gasteiger partial charge is 0.213 e. The Morgan fingerprint density at radius 1 is 1.42 bits per heavy atom. The van der Waals surface area contributed by atoms with Gasteiger partial charge in [-0.15, -0.1) is 0 Å². The van der Waals surface area contributed by atoms with Crippen molar-refractivity contribution in [2.75, 3.05) is 25.1 Å². The SMILES string of the molecule is CCS(=O)(=O)N1CCC(c2[nH]ncc2S(C)(=O)=O)C1. The van der Waals surface area contributed by atoms with Crippen LogP contribution in [-0.2, 0) is 19.9 Å². The molecule has 1 atom stereocenters. The van der Waals surface area contributed by atoms with Gasteiger partial charge in [0.1, 0.15) is 4.90 Å². The Balaban J connectivity index is 2.26. The molecule has 108 valence electrons. The van der Waals surface area contributed by atoms with Crippen molar-refractivity contribution in [3.63, 3.8) is 0 Å². The van der Waals surface area contributed by atoms with Crippen molar-refractivity contribution in [3.05, 3.63) is 11.9 Å². The quantitative estimate of drug-likeness (QED) is 0.840. The molecule has 0 saturated carbocycles. The molecule has 0 bridgehead atoms. The van der Waals surface area contributed by atoms with E-state index in [1.54, 1.807) is 6.92 Å². The fraction of sp³-hybridized carbons (Fsp3) is 0.700. The fourth-order valence-electron chi connectivity index (χ4n) is 2.27. The number of sulfonamides is 1. The lowest BCUT2D eigenvalue weighted by molar-refractivity contribution is 0.472. The van der Waals surface area contributed by atoms with E-state index < -0.39 is 19.9 Å². The van der Waals surface area contributed by atoms with Crippen molar-refractivity contribution in [1.82, 2.24) is 14.5 Å². The van der Waals surface area contributed by atoms with Crippen molar-refractivity contribution in [3.8, 4) is 0 Å². The summed E-state index contributed by atoms with van der Waals surface area (Å²) in [5.41, 5.74) is 0.510. The van der Waals surface area contributed by atoms with Gasteiger partial charge in [-0.3, -0.25) is 5.10 Å². The van der Waals surface area contributed by atoms with E-state index in [0.29, 0.717) is 25.2 Å². The summed E-state index contributed by atoms with van der Waals surface area (Å²) >= 11 is 0. The number of H-pyrrole nitrogens is 1. The predicted octanol–water partition coefficient (Wildman–Crippen LogP) is -0.0478. The van der Waals surface area contributed by atoms with Crippen molar-refractivity contribution in [1.29, 1.82) is 0 Å². The molecule has 1 aromatic heterocycles. The molecule has 0 aliphatic carbocycles. The van der Waals surface area contributed by atoms with Gasteiger partial charge in [-0.1, -0.05) is 0 Å². The lowest BCUT2D eigenvalue weighted by Gasteiger charge is -2.15. The third-order valence-electron chi connectivity index (χ3n) is 3.35. The summed E-state index contributed by atoms with van der Waals surface area (Å²) in [6, 6.07) is 0. The minimum Gasteiger partial charge on any atom is -0.281 e. The minimum atomic E-state index is -3.35. The molecule has 1 N–H and O–H groups in total. The van der Waals surface area contributed by atoms with E-state index in [2.05, 4.69) is 10.2 Å². The number of aromatic nitrogens is 2.